The molecule has 1 atom stereocenters. The third kappa shape index (κ3) is 3.49. The molecule has 0 aliphatic carbocycles. The van der Waals surface area contributed by atoms with E-state index in [2.05, 4.69) is 4.90 Å². The van der Waals surface area contributed by atoms with E-state index in [1.54, 1.807) is 7.11 Å². The predicted octanol–water partition coefficient (Wildman–Crippen LogP) is -0.674. The van der Waals surface area contributed by atoms with Gasteiger partial charge >= 0.3 is 0 Å². The van der Waals surface area contributed by atoms with Crippen molar-refractivity contribution < 1.29 is 14.6 Å². The lowest BCUT2D eigenvalue weighted by atomic mass is 10.3. The fourth-order valence-electron chi connectivity index (χ4n) is 1.33. The molecule has 1 fully saturated rings. The van der Waals surface area contributed by atoms with Crippen molar-refractivity contribution in [3.05, 3.63) is 0 Å². The minimum absolute atomic E-state index is 0.368. The van der Waals surface area contributed by atoms with Crippen LogP contribution in [-0.4, -0.2) is 62.7 Å². The molecule has 1 aliphatic heterocycles. The normalized spacial score (nSPS) is 22.5. The Morgan fingerprint density at radius 1 is 1.50 bits per heavy atom. The number of hydrogen-bond acceptors (Lipinski definition) is 4. The van der Waals surface area contributed by atoms with Crippen LogP contribution < -0.4 is 0 Å². The highest BCUT2D eigenvalue weighted by atomic mass is 16.5. The fraction of sp³-hybridized carbons (Fsp3) is 1.00. The minimum atomic E-state index is -0.368. The number of β-amino-alcohol motifs (C(OH)–C–C–N with tert-alkyl or cyclic N) is 1. The van der Waals surface area contributed by atoms with Crippen LogP contribution in [-0.2, 0) is 9.47 Å². The number of nitrogens with zero attached hydrogens (tertiary/aromatic N) is 1. The summed E-state index contributed by atoms with van der Waals surface area (Å²) in [5.41, 5.74) is 0. The second-order valence-electron chi connectivity index (χ2n) is 3.02. The largest absolute Gasteiger partial charge is 0.389 e. The Bertz CT molecular complexity index is 115. The van der Waals surface area contributed by atoms with E-state index in [1.807, 2.05) is 0 Å². The van der Waals surface area contributed by atoms with Crippen molar-refractivity contribution in [3.8, 4) is 0 Å². The van der Waals surface area contributed by atoms with Gasteiger partial charge in [-0.15, -0.1) is 0 Å². The topological polar surface area (TPSA) is 41.9 Å². The van der Waals surface area contributed by atoms with Crippen LogP contribution in [0.5, 0.6) is 0 Å². The molecule has 1 N–H and O–H groups in total. The van der Waals surface area contributed by atoms with E-state index < -0.39 is 0 Å². The van der Waals surface area contributed by atoms with Crippen molar-refractivity contribution in [1.82, 2.24) is 4.90 Å². The van der Waals surface area contributed by atoms with Crippen molar-refractivity contribution in [1.29, 1.82) is 0 Å². The number of methoxy groups -OCH3 is 1. The van der Waals surface area contributed by atoms with E-state index >= 15 is 0 Å². The van der Waals surface area contributed by atoms with Gasteiger partial charge in [0.1, 0.15) is 0 Å². The molecule has 1 aliphatic rings. The van der Waals surface area contributed by atoms with Crippen LogP contribution >= 0.6 is 0 Å². The van der Waals surface area contributed by atoms with Crippen LogP contribution in [0.1, 0.15) is 0 Å². The summed E-state index contributed by atoms with van der Waals surface area (Å²) in [5, 5.41) is 9.39. The van der Waals surface area contributed by atoms with Gasteiger partial charge in [0.05, 0.1) is 25.9 Å². The van der Waals surface area contributed by atoms with Gasteiger partial charge in [-0.3, -0.25) is 4.90 Å². The first kappa shape index (κ1) is 9.92. The second kappa shape index (κ2) is 5.48. The number of aliphatic hydroxyl groups excluding tert-OH is 1. The average molecular weight is 175 g/mol. The molecular weight excluding hydrogens is 158 g/mol. The van der Waals surface area contributed by atoms with Gasteiger partial charge in [0.2, 0.25) is 0 Å². The monoisotopic (exact) mass is 175 g/mol. The van der Waals surface area contributed by atoms with Crippen molar-refractivity contribution in [2.45, 2.75) is 6.10 Å². The summed E-state index contributed by atoms with van der Waals surface area (Å²) in [4.78, 5) is 2.19. The Labute approximate surface area is 73.1 Å². The summed E-state index contributed by atoms with van der Waals surface area (Å²) < 4.78 is 10.0. The molecule has 0 amide bonds. The summed E-state index contributed by atoms with van der Waals surface area (Å²) in [6.07, 6.45) is -0.368. The maximum Gasteiger partial charge on any atom is 0.0900 e. The van der Waals surface area contributed by atoms with Crippen LogP contribution in [0.2, 0.25) is 0 Å². The second-order valence-corrected chi connectivity index (χ2v) is 3.02. The van der Waals surface area contributed by atoms with Crippen molar-refractivity contribution in [3.63, 3.8) is 0 Å². The van der Waals surface area contributed by atoms with E-state index in [0.29, 0.717) is 13.2 Å². The summed E-state index contributed by atoms with van der Waals surface area (Å²) in [6, 6.07) is 0. The maximum absolute atomic E-state index is 9.39. The highest BCUT2D eigenvalue weighted by Gasteiger charge is 2.13. The van der Waals surface area contributed by atoms with Crippen molar-refractivity contribution in [2.24, 2.45) is 0 Å². The Morgan fingerprint density at radius 2 is 2.17 bits per heavy atom. The van der Waals surface area contributed by atoms with E-state index in [4.69, 9.17) is 9.47 Å². The van der Waals surface area contributed by atoms with Gasteiger partial charge in [-0.2, -0.15) is 0 Å². The first-order valence-electron chi connectivity index (χ1n) is 4.30. The Morgan fingerprint density at radius 3 is 2.75 bits per heavy atom. The quantitative estimate of drug-likeness (QED) is 0.615. The molecule has 4 heteroatoms. The number of rotatable bonds is 4. The molecule has 1 saturated heterocycles. The molecule has 0 bridgehead atoms. The fourth-order valence-corrected chi connectivity index (χ4v) is 1.33. The van der Waals surface area contributed by atoms with Crippen molar-refractivity contribution in [2.75, 3.05) is 46.6 Å². The van der Waals surface area contributed by atoms with Gasteiger partial charge in [0, 0.05) is 26.7 Å². The van der Waals surface area contributed by atoms with Gasteiger partial charge < -0.3 is 14.6 Å². The maximum atomic E-state index is 9.39. The molecule has 0 unspecified atom stereocenters. The minimum Gasteiger partial charge on any atom is -0.389 e. The molecule has 0 aromatic carbocycles. The van der Waals surface area contributed by atoms with E-state index in [1.165, 1.54) is 0 Å². The number of morpholine rings is 1. The first-order valence-corrected chi connectivity index (χ1v) is 4.30. The Balaban J connectivity index is 2.11. The summed E-state index contributed by atoms with van der Waals surface area (Å²) >= 11 is 0. The molecule has 4 nitrogen and oxygen atoms in total. The molecule has 0 spiro atoms. The number of hydrogen-bond donors (Lipinski definition) is 1. The van der Waals surface area contributed by atoms with E-state index in [-0.39, 0.29) is 6.10 Å². The lowest BCUT2D eigenvalue weighted by Gasteiger charge is -2.28. The van der Waals surface area contributed by atoms with Crippen LogP contribution in [0.3, 0.4) is 0 Å². The highest BCUT2D eigenvalue weighted by molar-refractivity contribution is 4.66. The number of aliphatic hydroxyl groups is 1. The van der Waals surface area contributed by atoms with Gasteiger partial charge in [-0.25, -0.2) is 0 Å². The molecule has 1 rings (SSSR count). The molecule has 1 heterocycles. The Kier molecular flexibility index (Phi) is 4.53. The molecule has 0 aromatic heterocycles. The smallest absolute Gasteiger partial charge is 0.0900 e. The molecular formula is C8H17NO3. The van der Waals surface area contributed by atoms with E-state index in [0.717, 1.165) is 26.3 Å². The van der Waals surface area contributed by atoms with Crippen molar-refractivity contribution >= 4 is 0 Å². The lowest BCUT2D eigenvalue weighted by molar-refractivity contribution is -0.00525. The third-order valence-corrected chi connectivity index (χ3v) is 1.93. The molecule has 72 valence electrons. The van der Waals surface area contributed by atoms with Gasteiger partial charge in [0.15, 0.2) is 0 Å². The summed E-state index contributed by atoms with van der Waals surface area (Å²) in [6.45, 7) is 4.50. The van der Waals surface area contributed by atoms with Crippen LogP contribution in [0.15, 0.2) is 0 Å². The average Bonchev–Trinajstić information content (AvgIpc) is 2.06. The third-order valence-electron chi connectivity index (χ3n) is 1.93. The summed E-state index contributed by atoms with van der Waals surface area (Å²) in [5.74, 6) is 0. The van der Waals surface area contributed by atoms with E-state index in [9.17, 15) is 5.11 Å². The zero-order valence-electron chi connectivity index (χ0n) is 7.53. The molecule has 0 radical (unpaired) electrons. The highest BCUT2D eigenvalue weighted by Crippen LogP contribution is 1.98. The standard InChI is InChI=1S/C8H17NO3/c1-11-7-8(10)6-9-2-4-12-5-3-9/h8,10H,2-7H2,1H3/t8-/m0/s1. The zero-order valence-corrected chi connectivity index (χ0v) is 7.53. The number of ether oxygens (including phenoxy) is 2. The summed E-state index contributed by atoms with van der Waals surface area (Å²) in [7, 11) is 1.60. The van der Waals surface area contributed by atoms with Crippen LogP contribution in [0, 0.1) is 0 Å². The van der Waals surface area contributed by atoms with Gasteiger partial charge in [-0.1, -0.05) is 0 Å². The Hall–Kier alpha value is -0.160. The van der Waals surface area contributed by atoms with Gasteiger partial charge in [0.25, 0.3) is 0 Å². The van der Waals surface area contributed by atoms with Gasteiger partial charge in [-0.05, 0) is 0 Å². The zero-order chi connectivity index (χ0) is 8.81. The molecule has 12 heavy (non-hydrogen) atoms. The van der Waals surface area contributed by atoms with Crippen LogP contribution in [0.4, 0.5) is 0 Å². The molecule has 0 saturated carbocycles. The SMILES string of the molecule is COC[C@@H](O)CN1CCOCC1. The first-order chi connectivity index (χ1) is 5.83. The lowest BCUT2D eigenvalue weighted by Crippen LogP contribution is -2.42. The van der Waals surface area contributed by atoms with Crippen LogP contribution in [0.25, 0.3) is 0 Å². The molecule has 0 aromatic rings. The predicted molar refractivity (Wildman–Crippen MR) is 45.1 cm³/mol.